The molecule has 0 N–H and O–H groups in total. The molecular formula is C39H39BrO7. The van der Waals surface area contributed by atoms with Gasteiger partial charge in [-0.25, -0.2) is 0 Å². The highest BCUT2D eigenvalue weighted by atomic mass is 79.9. The van der Waals surface area contributed by atoms with Crippen molar-refractivity contribution < 1.29 is 32.8 Å². The fraction of sp³-hybridized carbons (Fsp3) is 0.282. The van der Waals surface area contributed by atoms with E-state index in [1.165, 1.54) is 0 Å². The molecule has 1 fully saturated rings. The largest absolute Gasteiger partial charge is 0.449 e. The van der Waals surface area contributed by atoms with Crippen LogP contribution in [0.2, 0.25) is 0 Å². The molecular weight excluding hydrogens is 660 g/mol. The first-order chi connectivity index (χ1) is 23.1. The maximum Gasteiger partial charge on any atom is 0.258 e. The molecule has 5 aromatic rings. The zero-order valence-electron chi connectivity index (χ0n) is 26.3. The van der Waals surface area contributed by atoms with Crippen molar-refractivity contribution in [3.05, 3.63) is 166 Å². The van der Waals surface area contributed by atoms with Gasteiger partial charge in [-0.1, -0.05) is 121 Å². The summed E-state index contributed by atoms with van der Waals surface area (Å²) in [5.41, 5.74) is 4.09. The van der Waals surface area contributed by atoms with Crippen LogP contribution in [-0.4, -0.2) is 38.1 Å². The molecule has 7 nitrogen and oxygen atoms in total. The molecule has 4 aromatic carbocycles. The van der Waals surface area contributed by atoms with Gasteiger partial charge in [-0.05, 0) is 50.3 Å². The summed E-state index contributed by atoms with van der Waals surface area (Å²) >= 11 is 3.47. The number of hydrogen-bond acceptors (Lipinski definition) is 7. The van der Waals surface area contributed by atoms with E-state index in [1.807, 2.05) is 133 Å². The van der Waals surface area contributed by atoms with Crippen molar-refractivity contribution in [2.24, 2.45) is 0 Å². The molecule has 0 spiro atoms. The third kappa shape index (κ3) is 8.47. The zero-order valence-corrected chi connectivity index (χ0v) is 27.9. The summed E-state index contributed by atoms with van der Waals surface area (Å²) in [4.78, 5) is 0. The quantitative estimate of drug-likeness (QED) is 0.109. The van der Waals surface area contributed by atoms with E-state index in [4.69, 9.17) is 32.8 Å². The van der Waals surface area contributed by atoms with E-state index in [0.29, 0.717) is 30.3 Å². The van der Waals surface area contributed by atoms with Gasteiger partial charge >= 0.3 is 0 Å². The first-order valence-electron chi connectivity index (χ1n) is 15.7. The first-order valence-corrected chi connectivity index (χ1v) is 16.5. The van der Waals surface area contributed by atoms with E-state index in [9.17, 15) is 0 Å². The molecule has 1 aliphatic rings. The van der Waals surface area contributed by atoms with Crippen molar-refractivity contribution in [2.45, 2.75) is 56.6 Å². The second-order valence-corrected chi connectivity index (χ2v) is 12.2. The van der Waals surface area contributed by atoms with Gasteiger partial charge in [-0.15, -0.1) is 0 Å². The summed E-state index contributed by atoms with van der Waals surface area (Å²) in [6.07, 6.45) is -2.69. The third-order valence-corrected chi connectivity index (χ3v) is 8.57. The molecule has 6 rings (SSSR count). The molecule has 2 heterocycles. The van der Waals surface area contributed by atoms with Crippen molar-refractivity contribution in [3.63, 3.8) is 0 Å². The van der Waals surface area contributed by atoms with E-state index >= 15 is 0 Å². The maximum absolute atomic E-state index is 6.95. The summed E-state index contributed by atoms with van der Waals surface area (Å²) in [6, 6.07) is 43.8. The van der Waals surface area contributed by atoms with Gasteiger partial charge in [0.25, 0.3) is 5.79 Å². The second-order valence-electron chi connectivity index (χ2n) is 11.4. The molecule has 0 saturated carbocycles. The van der Waals surface area contributed by atoms with E-state index in [1.54, 1.807) is 7.11 Å². The molecule has 0 bridgehead atoms. The fourth-order valence-corrected chi connectivity index (χ4v) is 6.11. The molecule has 244 valence electrons. The van der Waals surface area contributed by atoms with Crippen LogP contribution < -0.4 is 0 Å². The monoisotopic (exact) mass is 698 g/mol. The number of benzene rings is 4. The summed E-state index contributed by atoms with van der Waals surface area (Å²) in [5, 5.41) is 0. The van der Waals surface area contributed by atoms with Gasteiger partial charge in [0, 0.05) is 7.11 Å². The highest BCUT2D eigenvalue weighted by Crippen LogP contribution is 2.45. The number of methoxy groups -OCH3 is 1. The van der Waals surface area contributed by atoms with Gasteiger partial charge in [0.2, 0.25) is 0 Å². The molecule has 8 heteroatoms. The van der Waals surface area contributed by atoms with Crippen LogP contribution in [0.3, 0.4) is 0 Å². The van der Waals surface area contributed by atoms with Crippen molar-refractivity contribution >= 4 is 15.9 Å². The average molecular weight is 700 g/mol. The second kappa shape index (κ2) is 16.5. The van der Waals surface area contributed by atoms with E-state index in [0.717, 1.165) is 22.3 Å². The van der Waals surface area contributed by atoms with Crippen molar-refractivity contribution in [3.8, 4) is 0 Å². The van der Waals surface area contributed by atoms with Gasteiger partial charge in [0.1, 0.15) is 24.4 Å². The maximum atomic E-state index is 6.95. The zero-order chi connectivity index (χ0) is 32.3. The lowest BCUT2D eigenvalue weighted by molar-refractivity contribution is -0.390. The molecule has 0 aliphatic carbocycles. The number of rotatable bonds is 15. The van der Waals surface area contributed by atoms with Gasteiger partial charge in [-0.2, -0.15) is 0 Å². The van der Waals surface area contributed by atoms with Crippen molar-refractivity contribution in [2.75, 3.05) is 13.7 Å². The smallest absolute Gasteiger partial charge is 0.258 e. The Morgan fingerprint density at radius 1 is 0.574 bits per heavy atom. The molecule has 1 aromatic heterocycles. The van der Waals surface area contributed by atoms with Crippen LogP contribution in [0.15, 0.2) is 143 Å². The molecule has 1 saturated heterocycles. The minimum absolute atomic E-state index is 0.206. The van der Waals surface area contributed by atoms with Crippen molar-refractivity contribution in [1.29, 1.82) is 0 Å². The number of hydrogen-bond donors (Lipinski definition) is 0. The predicted octanol–water partition coefficient (Wildman–Crippen LogP) is 8.21. The van der Waals surface area contributed by atoms with Crippen molar-refractivity contribution in [1.82, 2.24) is 0 Å². The highest BCUT2D eigenvalue weighted by Gasteiger charge is 2.60. The van der Waals surface area contributed by atoms with Crippen LogP contribution in [0, 0.1) is 0 Å². The van der Waals surface area contributed by atoms with E-state index in [-0.39, 0.29) is 13.2 Å². The molecule has 0 radical (unpaired) electrons. The lowest BCUT2D eigenvalue weighted by Crippen LogP contribution is -2.66. The molecule has 1 aliphatic heterocycles. The Hall–Kier alpha value is -3.60. The minimum Gasteiger partial charge on any atom is -0.449 e. The van der Waals surface area contributed by atoms with Gasteiger partial charge in [0.05, 0.1) is 33.0 Å². The van der Waals surface area contributed by atoms with Gasteiger partial charge < -0.3 is 32.8 Å². The Morgan fingerprint density at radius 2 is 1.04 bits per heavy atom. The first kappa shape index (κ1) is 33.3. The number of ether oxygens (including phenoxy) is 6. The van der Waals surface area contributed by atoms with Crippen LogP contribution >= 0.6 is 15.9 Å². The predicted molar refractivity (Wildman–Crippen MR) is 181 cm³/mol. The van der Waals surface area contributed by atoms with Crippen LogP contribution in [0.4, 0.5) is 0 Å². The lowest BCUT2D eigenvalue weighted by Gasteiger charge is -2.50. The summed E-state index contributed by atoms with van der Waals surface area (Å²) in [6.45, 7) is 1.56. The molecule has 0 amide bonds. The normalized spacial score (nSPS) is 22.7. The fourth-order valence-electron chi connectivity index (χ4n) is 5.80. The minimum atomic E-state index is -1.49. The topological polar surface area (TPSA) is 68.5 Å². The Morgan fingerprint density at radius 3 is 1.51 bits per heavy atom. The molecule has 47 heavy (non-hydrogen) atoms. The standard InChI is InChI=1S/C39H39BrO7/c1-41-39(34-22-23-35(40)46-34)38(45-27-32-20-12-5-13-21-32)37(44-26-31-18-10-4-11-19-31)36(43-25-30-16-8-3-9-17-30)33(47-39)28-42-24-29-14-6-2-7-15-29/h2-23,33,36-38H,24-28H2,1H3/t33-,36-,37+,38+,39+/m1/s1. The lowest BCUT2D eigenvalue weighted by atomic mass is 9.90. The Balaban J connectivity index is 1.38. The number of halogens is 1. The number of furan rings is 1. The highest BCUT2D eigenvalue weighted by molar-refractivity contribution is 9.10. The van der Waals surface area contributed by atoms with Crippen LogP contribution in [0.1, 0.15) is 28.0 Å². The van der Waals surface area contributed by atoms with Crippen LogP contribution in [-0.2, 0) is 60.6 Å². The van der Waals surface area contributed by atoms with Gasteiger partial charge in [0.15, 0.2) is 10.4 Å². The third-order valence-electron chi connectivity index (χ3n) is 8.15. The summed E-state index contributed by atoms with van der Waals surface area (Å²) in [7, 11) is 1.59. The Bertz CT molecular complexity index is 1620. The van der Waals surface area contributed by atoms with E-state index in [2.05, 4.69) is 15.9 Å². The van der Waals surface area contributed by atoms with E-state index < -0.39 is 30.2 Å². The summed E-state index contributed by atoms with van der Waals surface area (Å²) in [5.74, 6) is -1.05. The van der Waals surface area contributed by atoms with Crippen LogP contribution in [0.25, 0.3) is 0 Å². The van der Waals surface area contributed by atoms with Gasteiger partial charge in [-0.3, -0.25) is 0 Å². The molecule has 0 unspecified atom stereocenters. The van der Waals surface area contributed by atoms with Crippen LogP contribution in [0.5, 0.6) is 0 Å². The summed E-state index contributed by atoms with van der Waals surface area (Å²) < 4.78 is 46.6. The Labute approximate surface area is 284 Å². The average Bonchev–Trinajstić information content (AvgIpc) is 3.57. The molecule has 5 atom stereocenters. The SMILES string of the molecule is CO[C@@]1(c2ccc(Br)o2)O[C@H](COCc2ccccc2)[C@@H](OCc2ccccc2)[C@H](OCc2ccccc2)[C@@H]1OCc1ccccc1. The Kier molecular flexibility index (Phi) is 11.7.